The third kappa shape index (κ3) is 5.50. The van der Waals surface area contributed by atoms with E-state index in [1.54, 1.807) is 10.7 Å². The normalized spacial score (nSPS) is 15.9. The Morgan fingerprint density at radius 2 is 1.59 bits per heavy atom. The average Bonchev–Trinajstić information content (AvgIpc) is 3.36. The second-order valence-electron chi connectivity index (χ2n) is 9.42. The second-order valence-corrected chi connectivity index (χ2v) is 9.42. The topological polar surface area (TPSA) is 50.1 Å². The van der Waals surface area contributed by atoms with E-state index < -0.39 is 17.7 Å². The van der Waals surface area contributed by atoms with Crippen molar-refractivity contribution in [3.63, 3.8) is 0 Å². The molecule has 0 saturated carbocycles. The van der Waals surface area contributed by atoms with Crippen molar-refractivity contribution in [2.24, 2.45) is 0 Å². The molecule has 5 rings (SSSR count). The van der Waals surface area contributed by atoms with Crippen LogP contribution in [0.2, 0.25) is 0 Å². The molecule has 8 heteroatoms. The summed E-state index contributed by atoms with van der Waals surface area (Å²) in [5, 5.41) is 12.7. The summed E-state index contributed by atoms with van der Waals surface area (Å²) in [6.07, 6.45) is 4.31. The van der Waals surface area contributed by atoms with Gasteiger partial charge in [-0.15, -0.1) is 5.10 Å². The Kier molecular flexibility index (Phi) is 7.48. The van der Waals surface area contributed by atoms with E-state index in [-0.39, 0.29) is 0 Å². The predicted molar refractivity (Wildman–Crippen MR) is 140 cm³/mol. The Labute approximate surface area is 215 Å². The minimum absolute atomic E-state index is 0.425. The molecule has 0 radical (unpaired) electrons. The molecular weight excluding hydrogens is 470 g/mol. The van der Waals surface area contributed by atoms with Gasteiger partial charge in [-0.2, -0.15) is 4.68 Å². The van der Waals surface area contributed by atoms with Gasteiger partial charge in [-0.1, -0.05) is 66.7 Å². The van der Waals surface area contributed by atoms with Gasteiger partial charge >= 0.3 is 0 Å². The van der Waals surface area contributed by atoms with Gasteiger partial charge in [-0.3, -0.25) is 9.80 Å². The first kappa shape index (κ1) is 24.9. The van der Waals surface area contributed by atoms with Crippen molar-refractivity contribution in [1.29, 1.82) is 0 Å². The number of nitrogens with zero attached hydrogens (tertiary/aromatic N) is 6. The summed E-state index contributed by atoms with van der Waals surface area (Å²) in [5.74, 6) is -1.16. The van der Waals surface area contributed by atoms with E-state index >= 15 is 0 Å². The van der Waals surface area contributed by atoms with Crippen molar-refractivity contribution in [2.75, 3.05) is 32.7 Å². The first-order valence-corrected chi connectivity index (χ1v) is 12.5. The molecule has 6 nitrogen and oxygen atoms in total. The molecule has 0 N–H and O–H groups in total. The number of aromatic nitrogens is 4. The Balaban J connectivity index is 1.41. The quantitative estimate of drug-likeness (QED) is 0.358. The molecule has 1 fully saturated rings. The van der Waals surface area contributed by atoms with Crippen molar-refractivity contribution in [3.05, 3.63) is 113 Å². The Hall–Kier alpha value is -3.75. The van der Waals surface area contributed by atoms with Gasteiger partial charge in [-0.25, -0.2) is 8.78 Å². The van der Waals surface area contributed by atoms with Gasteiger partial charge in [0.05, 0.1) is 11.7 Å². The minimum atomic E-state index is -0.877. The first-order chi connectivity index (χ1) is 18.0. The molecular formula is C29H30F2N6. The highest BCUT2D eigenvalue weighted by Crippen LogP contribution is 2.31. The smallest absolute Gasteiger partial charge is 0.178 e. The van der Waals surface area contributed by atoms with Gasteiger partial charge in [0, 0.05) is 32.7 Å². The number of tetrazole rings is 1. The van der Waals surface area contributed by atoms with Crippen molar-refractivity contribution >= 4 is 6.08 Å². The number of piperazine rings is 1. The maximum absolute atomic E-state index is 14.4. The Morgan fingerprint density at radius 1 is 0.865 bits per heavy atom. The maximum Gasteiger partial charge on any atom is 0.178 e. The van der Waals surface area contributed by atoms with Crippen molar-refractivity contribution < 1.29 is 8.78 Å². The highest BCUT2D eigenvalue weighted by atomic mass is 19.2. The Bertz CT molecular complexity index is 1360. The lowest BCUT2D eigenvalue weighted by Gasteiger charge is -2.38. The number of para-hydroxylation sites is 1. The summed E-state index contributed by atoms with van der Waals surface area (Å²) in [6.45, 7) is 8.03. The molecule has 37 heavy (non-hydrogen) atoms. The number of rotatable bonds is 7. The molecule has 1 saturated heterocycles. The predicted octanol–water partition coefficient (Wildman–Crippen LogP) is 4.98. The van der Waals surface area contributed by atoms with Crippen LogP contribution in [0, 0.1) is 25.5 Å². The second kappa shape index (κ2) is 11.1. The van der Waals surface area contributed by atoms with E-state index in [0.717, 1.165) is 49.5 Å². The van der Waals surface area contributed by atoms with Crippen molar-refractivity contribution in [1.82, 2.24) is 30.0 Å². The zero-order valence-corrected chi connectivity index (χ0v) is 21.1. The van der Waals surface area contributed by atoms with Crippen LogP contribution in [0.3, 0.4) is 0 Å². The van der Waals surface area contributed by atoms with Crippen LogP contribution in [0.5, 0.6) is 0 Å². The van der Waals surface area contributed by atoms with Crippen molar-refractivity contribution in [2.45, 2.75) is 19.9 Å². The number of hydrogen-bond donors (Lipinski definition) is 0. The van der Waals surface area contributed by atoms with Crippen LogP contribution in [-0.4, -0.2) is 62.7 Å². The summed E-state index contributed by atoms with van der Waals surface area (Å²) in [4.78, 5) is 4.63. The fourth-order valence-corrected chi connectivity index (χ4v) is 4.98. The fourth-order valence-electron chi connectivity index (χ4n) is 4.98. The number of benzene rings is 3. The number of halogens is 2. The zero-order chi connectivity index (χ0) is 25.8. The zero-order valence-electron chi connectivity index (χ0n) is 21.1. The van der Waals surface area contributed by atoms with Gasteiger partial charge in [-0.05, 0) is 58.7 Å². The molecule has 4 aromatic rings. The molecule has 3 aromatic carbocycles. The van der Waals surface area contributed by atoms with Crippen molar-refractivity contribution in [3.8, 4) is 5.69 Å². The monoisotopic (exact) mass is 500 g/mol. The van der Waals surface area contributed by atoms with E-state index in [0.29, 0.717) is 11.4 Å². The molecule has 1 aliphatic heterocycles. The number of aryl methyl sites for hydroxylation is 2. The summed E-state index contributed by atoms with van der Waals surface area (Å²) in [6, 6.07) is 19.9. The van der Waals surface area contributed by atoms with Crippen LogP contribution in [0.25, 0.3) is 11.8 Å². The van der Waals surface area contributed by atoms with E-state index in [2.05, 4.69) is 49.6 Å². The lowest BCUT2D eigenvalue weighted by Crippen LogP contribution is -2.48. The highest BCUT2D eigenvalue weighted by molar-refractivity contribution is 5.49. The fraction of sp³-hybridized carbons (Fsp3) is 0.276. The van der Waals surface area contributed by atoms with Gasteiger partial charge in [0.2, 0.25) is 0 Å². The summed E-state index contributed by atoms with van der Waals surface area (Å²) >= 11 is 0. The summed E-state index contributed by atoms with van der Waals surface area (Å²) in [7, 11) is 0. The molecule has 1 aromatic heterocycles. The molecule has 0 bridgehead atoms. The molecule has 190 valence electrons. The SMILES string of the molecule is Cc1cccc(C)c1-n1nnnc1[C@@H](c1ccc(F)c(F)c1)N1CCN(C/C=C/c2ccccc2)CC1. The largest absolute Gasteiger partial charge is 0.297 e. The van der Waals surface area contributed by atoms with Gasteiger partial charge in [0.25, 0.3) is 0 Å². The van der Waals surface area contributed by atoms with Crippen LogP contribution in [0.4, 0.5) is 8.78 Å². The standard InChI is InChI=1S/C29H30F2N6/c1-21-8-6-9-22(2)27(21)37-29(32-33-34-37)28(24-13-14-25(30)26(31)20-24)36-18-16-35(17-19-36)15-7-12-23-10-4-3-5-11-23/h3-14,20,28H,15-19H2,1-2H3/b12-7+/t28-/m1/s1. The molecule has 1 aliphatic rings. The van der Waals surface area contributed by atoms with Gasteiger partial charge < -0.3 is 0 Å². The lowest BCUT2D eigenvalue weighted by atomic mass is 10.0. The van der Waals surface area contributed by atoms with Crippen LogP contribution in [0.15, 0.2) is 72.8 Å². The molecule has 0 amide bonds. The molecule has 0 spiro atoms. The highest BCUT2D eigenvalue weighted by Gasteiger charge is 2.32. The first-order valence-electron chi connectivity index (χ1n) is 12.5. The third-order valence-corrected chi connectivity index (χ3v) is 6.89. The van der Waals surface area contributed by atoms with E-state index in [9.17, 15) is 8.78 Å². The minimum Gasteiger partial charge on any atom is -0.297 e. The van der Waals surface area contributed by atoms with Crippen LogP contribution in [-0.2, 0) is 0 Å². The Morgan fingerprint density at radius 3 is 2.30 bits per heavy atom. The van der Waals surface area contributed by atoms with E-state index in [1.165, 1.54) is 17.7 Å². The van der Waals surface area contributed by atoms with Crippen LogP contribution < -0.4 is 0 Å². The third-order valence-electron chi connectivity index (χ3n) is 6.89. The molecule has 2 heterocycles. The lowest BCUT2D eigenvalue weighted by molar-refractivity contribution is 0.113. The summed E-state index contributed by atoms with van der Waals surface area (Å²) < 4.78 is 30.0. The van der Waals surface area contributed by atoms with E-state index in [1.807, 2.05) is 50.2 Å². The molecule has 0 aliphatic carbocycles. The number of hydrogen-bond acceptors (Lipinski definition) is 5. The van der Waals surface area contributed by atoms with E-state index in [4.69, 9.17) is 0 Å². The molecule has 0 unspecified atom stereocenters. The molecule has 1 atom stereocenters. The maximum atomic E-state index is 14.4. The van der Waals surface area contributed by atoms with Crippen LogP contribution in [0.1, 0.15) is 34.1 Å². The average molecular weight is 501 g/mol. The summed E-state index contributed by atoms with van der Waals surface area (Å²) in [5.41, 5.74) is 4.77. The van der Waals surface area contributed by atoms with Gasteiger partial charge in [0.15, 0.2) is 17.5 Å². The van der Waals surface area contributed by atoms with Gasteiger partial charge in [0.1, 0.15) is 0 Å². The van der Waals surface area contributed by atoms with Crippen LogP contribution >= 0.6 is 0 Å².